The maximum atomic E-state index is 9.57. The van der Waals surface area contributed by atoms with Crippen molar-refractivity contribution in [2.75, 3.05) is 6.61 Å². The first-order chi connectivity index (χ1) is 13.3. The summed E-state index contributed by atoms with van der Waals surface area (Å²) >= 11 is 0. The Hall–Kier alpha value is -0.0400. The third kappa shape index (κ3) is 22.1. The van der Waals surface area contributed by atoms with E-state index in [9.17, 15) is 5.11 Å². The van der Waals surface area contributed by atoms with Crippen LogP contribution in [0.4, 0.5) is 0 Å². The monoisotopic (exact) mass is 382 g/mol. The number of aliphatic hydroxyl groups is 1. The van der Waals surface area contributed by atoms with E-state index in [0.29, 0.717) is 12.5 Å². The van der Waals surface area contributed by atoms with Crippen molar-refractivity contribution >= 4 is 0 Å². The Labute approximate surface area is 173 Å². The molecule has 0 aliphatic carbocycles. The molecule has 0 aromatic carbocycles. The second-order valence-electron chi connectivity index (χ2n) is 8.99. The first kappa shape index (κ1) is 27.0. The zero-order chi connectivity index (χ0) is 19.8. The first-order valence-electron chi connectivity index (χ1n) is 13.0. The fourth-order valence-corrected chi connectivity index (χ4v) is 4.17. The third-order valence-corrected chi connectivity index (χ3v) is 6.19. The number of unbranched alkanes of at least 4 members (excludes halogenated alkanes) is 18. The van der Waals surface area contributed by atoms with E-state index in [1.165, 1.54) is 141 Å². The van der Waals surface area contributed by atoms with Gasteiger partial charge in [-0.25, -0.2) is 0 Å². The van der Waals surface area contributed by atoms with Gasteiger partial charge in [0.15, 0.2) is 0 Å². The molecule has 1 heteroatoms. The minimum Gasteiger partial charge on any atom is -0.396 e. The molecule has 1 N–H and O–H groups in total. The molecule has 0 fully saturated rings. The molecule has 0 bridgehead atoms. The number of aliphatic hydroxyl groups excluding tert-OH is 1. The van der Waals surface area contributed by atoms with Crippen molar-refractivity contribution < 1.29 is 5.11 Å². The summed E-state index contributed by atoms with van der Waals surface area (Å²) in [4.78, 5) is 0. The highest BCUT2D eigenvalue weighted by molar-refractivity contribution is 4.59. The van der Waals surface area contributed by atoms with E-state index < -0.39 is 0 Å². The van der Waals surface area contributed by atoms with Crippen LogP contribution in [0.25, 0.3) is 0 Å². The SMILES string of the molecule is CCCCCCCCCCCCCCCCC(CO)CCCCCCCC. The molecule has 0 aliphatic heterocycles. The molecule has 0 amide bonds. The number of hydrogen-bond acceptors (Lipinski definition) is 1. The molecule has 0 heterocycles. The van der Waals surface area contributed by atoms with Crippen molar-refractivity contribution in [3.63, 3.8) is 0 Å². The predicted octanol–water partition coefficient (Wildman–Crippen LogP) is 9.22. The smallest absolute Gasteiger partial charge is 0.0459 e. The molecule has 0 radical (unpaired) electrons. The maximum Gasteiger partial charge on any atom is 0.0459 e. The molecular weight excluding hydrogens is 328 g/mol. The number of hydrogen-bond donors (Lipinski definition) is 1. The summed E-state index contributed by atoms with van der Waals surface area (Å²) in [6.45, 7) is 4.98. The third-order valence-electron chi connectivity index (χ3n) is 6.19. The van der Waals surface area contributed by atoms with Gasteiger partial charge in [-0.15, -0.1) is 0 Å². The lowest BCUT2D eigenvalue weighted by atomic mass is 9.95. The first-order valence-corrected chi connectivity index (χ1v) is 13.0. The lowest BCUT2D eigenvalue weighted by Gasteiger charge is -2.13. The van der Waals surface area contributed by atoms with Gasteiger partial charge in [-0.05, 0) is 18.8 Å². The summed E-state index contributed by atoms with van der Waals surface area (Å²) in [5.41, 5.74) is 0. The molecule has 1 nitrogen and oxygen atoms in total. The summed E-state index contributed by atoms with van der Waals surface area (Å²) in [6, 6.07) is 0. The van der Waals surface area contributed by atoms with Crippen LogP contribution in [-0.4, -0.2) is 11.7 Å². The van der Waals surface area contributed by atoms with Crippen LogP contribution in [0.2, 0.25) is 0 Å². The molecule has 1 atom stereocenters. The average molecular weight is 383 g/mol. The van der Waals surface area contributed by atoms with Crippen LogP contribution in [0.5, 0.6) is 0 Å². The minimum atomic E-state index is 0.410. The molecule has 0 aromatic rings. The highest BCUT2D eigenvalue weighted by Crippen LogP contribution is 2.19. The molecule has 0 saturated heterocycles. The summed E-state index contributed by atoms with van der Waals surface area (Å²) in [5, 5.41) is 9.57. The molecule has 0 aliphatic rings. The predicted molar refractivity (Wildman–Crippen MR) is 123 cm³/mol. The number of rotatable bonds is 23. The Morgan fingerprint density at radius 1 is 0.407 bits per heavy atom. The summed E-state index contributed by atoms with van der Waals surface area (Å²) in [5.74, 6) is 0.577. The molecule has 0 saturated carbocycles. The fourth-order valence-electron chi connectivity index (χ4n) is 4.17. The summed E-state index contributed by atoms with van der Waals surface area (Å²) in [7, 11) is 0. The van der Waals surface area contributed by atoms with Gasteiger partial charge < -0.3 is 5.11 Å². The van der Waals surface area contributed by atoms with Gasteiger partial charge in [0.1, 0.15) is 0 Å². The van der Waals surface area contributed by atoms with Crippen LogP contribution >= 0.6 is 0 Å². The molecule has 1 unspecified atom stereocenters. The quantitative estimate of drug-likeness (QED) is 0.175. The van der Waals surface area contributed by atoms with Gasteiger partial charge in [-0.2, -0.15) is 0 Å². The Morgan fingerprint density at radius 2 is 0.667 bits per heavy atom. The van der Waals surface area contributed by atoms with Crippen LogP contribution in [-0.2, 0) is 0 Å². The largest absolute Gasteiger partial charge is 0.396 e. The van der Waals surface area contributed by atoms with Crippen molar-refractivity contribution in [2.45, 2.75) is 155 Å². The highest BCUT2D eigenvalue weighted by Gasteiger charge is 2.06. The zero-order valence-electron chi connectivity index (χ0n) is 19.3. The normalized spacial score (nSPS) is 12.6. The molecule has 0 aromatic heterocycles. The van der Waals surface area contributed by atoms with Crippen molar-refractivity contribution in [2.24, 2.45) is 5.92 Å². The van der Waals surface area contributed by atoms with Gasteiger partial charge in [-0.3, -0.25) is 0 Å². The Kier molecular flexibility index (Phi) is 24.0. The van der Waals surface area contributed by atoms with Crippen LogP contribution in [0, 0.1) is 5.92 Å². The topological polar surface area (TPSA) is 20.2 Å². The van der Waals surface area contributed by atoms with E-state index in [1.54, 1.807) is 0 Å². The van der Waals surface area contributed by atoms with Crippen molar-refractivity contribution in [3.8, 4) is 0 Å². The second-order valence-corrected chi connectivity index (χ2v) is 8.99. The van der Waals surface area contributed by atoms with Crippen molar-refractivity contribution in [1.82, 2.24) is 0 Å². The Morgan fingerprint density at radius 3 is 0.926 bits per heavy atom. The van der Waals surface area contributed by atoms with Crippen molar-refractivity contribution in [3.05, 3.63) is 0 Å². The molecule has 27 heavy (non-hydrogen) atoms. The van der Waals surface area contributed by atoms with E-state index in [4.69, 9.17) is 0 Å². The maximum absolute atomic E-state index is 9.57. The van der Waals surface area contributed by atoms with Crippen LogP contribution in [0.1, 0.15) is 155 Å². The Balaban J connectivity index is 3.22. The van der Waals surface area contributed by atoms with Gasteiger partial charge in [-0.1, -0.05) is 142 Å². The van der Waals surface area contributed by atoms with E-state index >= 15 is 0 Å². The van der Waals surface area contributed by atoms with Crippen molar-refractivity contribution in [1.29, 1.82) is 0 Å². The molecule has 0 spiro atoms. The van der Waals surface area contributed by atoms with E-state index in [0.717, 1.165) is 0 Å². The van der Waals surface area contributed by atoms with E-state index in [2.05, 4.69) is 13.8 Å². The van der Waals surface area contributed by atoms with Gasteiger partial charge >= 0.3 is 0 Å². The summed E-state index contributed by atoms with van der Waals surface area (Å²) in [6.07, 6.45) is 30.7. The van der Waals surface area contributed by atoms with Crippen LogP contribution < -0.4 is 0 Å². The Bertz CT molecular complexity index is 251. The summed E-state index contributed by atoms with van der Waals surface area (Å²) < 4.78 is 0. The minimum absolute atomic E-state index is 0.410. The standard InChI is InChI=1S/C26H54O/c1-3-5-7-9-11-12-13-14-15-16-17-18-20-22-24-26(25-27)23-21-19-10-8-6-4-2/h26-27H,3-25H2,1-2H3. The molecule has 164 valence electrons. The zero-order valence-corrected chi connectivity index (χ0v) is 19.3. The lowest BCUT2D eigenvalue weighted by Crippen LogP contribution is -2.06. The fraction of sp³-hybridized carbons (Fsp3) is 1.00. The van der Waals surface area contributed by atoms with Gasteiger partial charge in [0, 0.05) is 6.61 Å². The highest BCUT2D eigenvalue weighted by atomic mass is 16.3. The lowest BCUT2D eigenvalue weighted by molar-refractivity contribution is 0.204. The van der Waals surface area contributed by atoms with Gasteiger partial charge in [0.05, 0.1) is 0 Å². The van der Waals surface area contributed by atoms with Crippen LogP contribution in [0.15, 0.2) is 0 Å². The molecule has 0 rings (SSSR count). The van der Waals surface area contributed by atoms with Gasteiger partial charge in [0.2, 0.25) is 0 Å². The van der Waals surface area contributed by atoms with Gasteiger partial charge in [0.25, 0.3) is 0 Å². The average Bonchev–Trinajstić information content (AvgIpc) is 2.69. The molecular formula is C26H54O. The van der Waals surface area contributed by atoms with E-state index in [-0.39, 0.29) is 0 Å². The van der Waals surface area contributed by atoms with Crippen LogP contribution in [0.3, 0.4) is 0 Å². The second kappa shape index (κ2) is 24.0. The van der Waals surface area contributed by atoms with E-state index in [1.807, 2.05) is 0 Å².